The van der Waals surface area contributed by atoms with Gasteiger partial charge in [-0.15, -0.1) is 0 Å². The number of ether oxygens (including phenoxy) is 1. The van der Waals surface area contributed by atoms with Crippen LogP contribution in [-0.4, -0.2) is 117 Å². The first-order chi connectivity index (χ1) is 27.6. The predicted octanol–water partition coefficient (Wildman–Crippen LogP) is 3.26. The summed E-state index contributed by atoms with van der Waals surface area (Å²) in [6.45, 7) is 5.48. The van der Waals surface area contributed by atoms with Crippen molar-refractivity contribution >= 4 is 46.7 Å². The number of likely N-dealkylation sites (tertiary alicyclic amines) is 2. The number of hydrogen-bond donors (Lipinski definition) is 4. The summed E-state index contributed by atoms with van der Waals surface area (Å²) in [5, 5.41) is 14.8. The van der Waals surface area contributed by atoms with Gasteiger partial charge in [-0.1, -0.05) is 12.1 Å². The molecule has 0 radical (unpaired) electrons. The fraction of sp³-hybridized carbons (Fsp3) is 0.341. The van der Waals surface area contributed by atoms with Crippen LogP contribution >= 0.6 is 0 Å². The first kappa shape index (κ1) is 36.4. The van der Waals surface area contributed by atoms with Gasteiger partial charge < -0.3 is 20.7 Å². The van der Waals surface area contributed by atoms with Crippen LogP contribution in [0.15, 0.2) is 73.1 Å². The number of fused-ring (bicyclic) bond motifs is 1. The van der Waals surface area contributed by atoms with Crippen molar-refractivity contribution in [3.63, 3.8) is 0 Å². The average Bonchev–Trinajstić information content (AvgIpc) is 3.41. The number of halogens is 1. The van der Waals surface area contributed by atoms with Gasteiger partial charge in [-0.25, -0.2) is 14.4 Å². The van der Waals surface area contributed by atoms with Crippen LogP contribution < -0.4 is 26.0 Å². The molecule has 1 unspecified atom stereocenters. The van der Waals surface area contributed by atoms with E-state index < -0.39 is 35.5 Å². The molecule has 0 aliphatic carbocycles. The largest absolute Gasteiger partial charge is 0.454 e. The lowest BCUT2D eigenvalue weighted by molar-refractivity contribution is -0.136. The van der Waals surface area contributed by atoms with Crippen LogP contribution in [0.4, 0.5) is 21.7 Å². The minimum absolute atomic E-state index is 0.0855. The number of amides is 4. The molecule has 57 heavy (non-hydrogen) atoms. The van der Waals surface area contributed by atoms with Gasteiger partial charge in [0.15, 0.2) is 11.6 Å². The summed E-state index contributed by atoms with van der Waals surface area (Å²) in [6, 6.07) is 18.3. The molecule has 5 N–H and O–H groups in total. The third kappa shape index (κ3) is 6.84. The van der Waals surface area contributed by atoms with E-state index in [4.69, 9.17) is 15.9 Å². The lowest BCUT2D eigenvalue weighted by atomic mass is 9.95. The third-order valence-electron chi connectivity index (χ3n) is 11.8. The minimum Gasteiger partial charge on any atom is -0.454 e. The second-order valence-electron chi connectivity index (χ2n) is 15.2. The van der Waals surface area contributed by atoms with Gasteiger partial charge in [-0.3, -0.25) is 44.6 Å². The number of nitrogen functional groups attached to an aromatic ring is 1. The van der Waals surface area contributed by atoms with E-state index in [0.717, 1.165) is 62.7 Å². The number of nitrogens with two attached hydrogens (primary N) is 1. The summed E-state index contributed by atoms with van der Waals surface area (Å²) in [6.07, 6.45) is 3.44. The molecule has 5 aliphatic rings. The lowest BCUT2D eigenvalue weighted by Crippen LogP contribution is -2.70. The van der Waals surface area contributed by atoms with Crippen molar-refractivity contribution in [3.05, 3.63) is 101 Å². The highest BCUT2D eigenvalue weighted by molar-refractivity contribution is 6.23. The zero-order valence-corrected chi connectivity index (χ0v) is 31.0. The van der Waals surface area contributed by atoms with Crippen LogP contribution in [-0.2, 0) is 9.59 Å². The highest BCUT2D eigenvalue weighted by Gasteiger charge is 2.46. The molecule has 4 amide bonds. The van der Waals surface area contributed by atoms with E-state index in [-0.39, 0.29) is 41.7 Å². The molecule has 0 saturated carbocycles. The number of aromatic nitrogens is 2. The zero-order chi connectivity index (χ0) is 39.4. The molecule has 4 saturated heterocycles. The number of anilines is 3. The Bertz CT molecular complexity index is 2290. The number of carbonyl (C=O) groups is 4. The second kappa shape index (κ2) is 14.7. The number of hydrogen-bond acceptors (Lipinski definition) is 13. The highest BCUT2D eigenvalue weighted by atomic mass is 19.1. The first-order valence-corrected chi connectivity index (χ1v) is 19.2. The van der Waals surface area contributed by atoms with Crippen molar-refractivity contribution in [2.45, 2.75) is 49.9 Å². The Morgan fingerprint density at radius 1 is 0.860 bits per heavy atom. The zero-order valence-electron chi connectivity index (χ0n) is 31.0. The number of benzene rings is 3. The van der Waals surface area contributed by atoms with Gasteiger partial charge in [0.25, 0.3) is 11.8 Å². The van der Waals surface area contributed by atoms with Crippen molar-refractivity contribution in [1.29, 1.82) is 5.41 Å². The number of imide groups is 2. The van der Waals surface area contributed by atoms with E-state index in [9.17, 15) is 23.6 Å². The van der Waals surface area contributed by atoms with Gasteiger partial charge in [0, 0.05) is 75.1 Å². The van der Waals surface area contributed by atoms with Gasteiger partial charge >= 0.3 is 0 Å². The number of nitrogens with one attached hydrogen (secondary N) is 3. The number of carbonyl (C=O) groups excluding carboxylic acids is 4. The predicted molar refractivity (Wildman–Crippen MR) is 208 cm³/mol. The summed E-state index contributed by atoms with van der Waals surface area (Å²) in [5.74, 6) is -1.17. The van der Waals surface area contributed by atoms with E-state index in [2.05, 4.69) is 35.3 Å². The number of para-hydroxylation sites is 1. The van der Waals surface area contributed by atoms with Gasteiger partial charge in [0.2, 0.25) is 11.8 Å². The molecular weight excluding hydrogens is 732 g/mol. The molecule has 0 bridgehead atoms. The lowest BCUT2D eigenvalue weighted by Gasteiger charge is -2.55. The van der Waals surface area contributed by atoms with Crippen molar-refractivity contribution in [3.8, 4) is 11.5 Å². The summed E-state index contributed by atoms with van der Waals surface area (Å²) >= 11 is 0. The highest BCUT2D eigenvalue weighted by Crippen LogP contribution is 2.35. The van der Waals surface area contributed by atoms with Crippen molar-refractivity contribution in [2.24, 2.45) is 0 Å². The van der Waals surface area contributed by atoms with Crippen molar-refractivity contribution in [2.75, 3.05) is 55.2 Å². The maximum atomic E-state index is 14.1. The molecule has 9 rings (SSSR count). The topological polar surface area (TPSA) is 190 Å². The van der Waals surface area contributed by atoms with Crippen LogP contribution in [0.5, 0.6) is 11.5 Å². The van der Waals surface area contributed by atoms with Crippen molar-refractivity contribution in [1.82, 2.24) is 30.0 Å². The van der Waals surface area contributed by atoms with Crippen LogP contribution in [0.25, 0.3) is 0 Å². The maximum Gasteiger partial charge on any atom is 0.262 e. The monoisotopic (exact) mass is 772 g/mol. The van der Waals surface area contributed by atoms with Crippen LogP contribution in [0.3, 0.4) is 0 Å². The molecule has 6 heterocycles. The summed E-state index contributed by atoms with van der Waals surface area (Å²) in [4.78, 5) is 67.3. The Labute approximate surface area is 327 Å². The Morgan fingerprint density at radius 2 is 1.58 bits per heavy atom. The van der Waals surface area contributed by atoms with Gasteiger partial charge in [-0.2, -0.15) is 0 Å². The molecule has 3 aromatic carbocycles. The summed E-state index contributed by atoms with van der Waals surface area (Å²) in [7, 11) is 0. The smallest absolute Gasteiger partial charge is 0.262 e. The van der Waals surface area contributed by atoms with Crippen molar-refractivity contribution < 1.29 is 28.3 Å². The molecule has 15 nitrogen and oxygen atoms in total. The SMILES string of the molecule is N=C(c1ccc(Oc2ccccc2F)cc1)c1c(N)ncnc1NC1CCN(C2CN(C3CN(c4ccc5c(c4)C(=O)N(C4CCC(=O)NC4=O)C5=O)C3)C2)CC1. The average molecular weight is 773 g/mol. The molecular formula is C41H41FN10O5. The quantitative estimate of drug-likeness (QED) is 0.136. The molecule has 4 aromatic rings. The van der Waals surface area contributed by atoms with Crippen LogP contribution in [0, 0.1) is 11.2 Å². The van der Waals surface area contributed by atoms with Gasteiger partial charge in [0.1, 0.15) is 29.8 Å². The standard InChI is InChI=1S/C41H41FN10O5/c42-31-3-1-2-4-33(31)57-28-8-5-23(6-9-28)36(43)35-37(44)45-22-46-38(35)47-24-13-15-49(16-14-24)26-18-51(19-26)27-20-50(21-27)25-7-10-29-30(17-25)41(56)52(40(29)55)32-11-12-34(53)48-39(32)54/h1-10,17,22,24,26-27,32,43H,11-16,18-21H2,(H,48,53,54)(H3,44,45,46,47). The molecule has 292 valence electrons. The fourth-order valence-corrected chi connectivity index (χ4v) is 8.42. The number of piperidine rings is 2. The minimum atomic E-state index is -0.979. The Kier molecular flexibility index (Phi) is 9.37. The third-order valence-corrected chi connectivity index (χ3v) is 11.8. The first-order valence-electron chi connectivity index (χ1n) is 19.2. The van der Waals surface area contributed by atoms with E-state index in [1.165, 1.54) is 12.4 Å². The normalized spacial score (nSPS) is 20.9. The molecule has 16 heteroatoms. The van der Waals surface area contributed by atoms with Crippen LogP contribution in [0.2, 0.25) is 0 Å². The van der Waals surface area contributed by atoms with E-state index in [0.29, 0.717) is 40.3 Å². The number of rotatable bonds is 10. The Balaban J connectivity index is 0.746. The molecule has 4 fully saturated rings. The maximum absolute atomic E-state index is 14.1. The molecule has 0 spiro atoms. The fourth-order valence-electron chi connectivity index (χ4n) is 8.42. The molecule has 1 aromatic heterocycles. The summed E-state index contributed by atoms with van der Waals surface area (Å²) < 4.78 is 19.7. The van der Waals surface area contributed by atoms with E-state index in [1.807, 2.05) is 6.07 Å². The number of nitrogens with zero attached hydrogens (tertiary/aromatic N) is 6. The molecule has 5 aliphatic heterocycles. The van der Waals surface area contributed by atoms with Gasteiger partial charge in [-0.05, 0) is 73.9 Å². The summed E-state index contributed by atoms with van der Waals surface area (Å²) in [5.41, 5.74) is 8.95. The van der Waals surface area contributed by atoms with E-state index in [1.54, 1.807) is 54.6 Å². The Hall–Kier alpha value is -6.26. The van der Waals surface area contributed by atoms with Gasteiger partial charge in [0.05, 0.1) is 22.4 Å². The van der Waals surface area contributed by atoms with Crippen LogP contribution in [0.1, 0.15) is 57.5 Å². The Morgan fingerprint density at radius 3 is 2.32 bits per heavy atom. The van der Waals surface area contributed by atoms with E-state index >= 15 is 0 Å². The second-order valence-corrected chi connectivity index (χ2v) is 15.2. The molecule has 1 atom stereocenters.